The van der Waals surface area contributed by atoms with Crippen molar-refractivity contribution in [3.8, 4) is 5.75 Å². The summed E-state index contributed by atoms with van der Waals surface area (Å²) in [5.74, 6) is 2.86. The molecule has 0 spiro atoms. The summed E-state index contributed by atoms with van der Waals surface area (Å²) < 4.78 is 35.9. The maximum atomic E-state index is 15.0. The molecule has 0 saturated heterocycles. The van der Waals surface area contributed by atoms with Crippen molar-refractivity contribution in [3.63, 3.8) is 0 Å². The zero-order valence-corrected chi connectivity index (χ0v) is 23.2. The molecule has 0 radical (unpaired) electrons. The first kappa shape index (κ1) is 27.9. The van der Waals surface area contributed by atoms with Gasteiger partial charge in [-0.05, 0) is 111 Å². The highest BCUT2D eigenvalue weighted by Gasteiger charge is 2.31. The van der Waals surface area contributed by atoms with Gasteiger partial charge in [-0.1, -0.05) is 71.3 Å². The van der Waals surface area contributed by atoms with Gasteiger partial charge in [-0.3, -0.25) is 0 Å². The number of benzene rings is 1. The van der Waals surface area contributed by atoms with E-state index in [1.807, 2.05) is 6.07 Å². The largest absolute Gasteiger partial charge is 0.490 e. The first-order valence-corrected chi connectivity index (χ1v) is 15.7. The second-order valence-corrected chi connectivity index (χ2v) is 12.7. The molecule has 3 fully saturated rings. The van der Waals surface area contributed by atoms with Crippen molar-refractivity contribution < 1.29 is 13.5 Å². The molecule has 0 atom stereocenters. The Morgan fingerprint density at radius 2 is 1.22 bits per heavy atom. The van der Waals surface area contributed by atoms with E-state index in [0.717, 1.165) is 49.4 Å². The minimum Gasteiger partial charge on any atom is -0.490 e. The normalized spacial score (nSPS) is 31.3. The molecule has 3 saturated carbocycles. The highest BCUT2D eigenvalue weighted by molar-refractivity contribution is 5.33. The van der Waals surface area contributed by atoms with Crippen molar-refractivity contribution in [2.45, 2.75) is 135 Å². The van der Waals surface area contributed by atoms with E-state index in [1.54, 1.807) is 6.07 Å². The van der Waals surface area contributed by atoms with Gasteiger partial charge in [0.25, 0.3) is 0 Å². The molecule has 0 heterocycles. The van der Waals surface area contributed by atoms with Gasteiger partial charge in [0.05, 0.1) is 6.61 Å². The first-order valence-electron chi connectivity index (χ1n) is 15.7. The summed E-state index contributed by atoms with van der Waals surface area (Å²) in [7, 11) is 0. The van der Waals surface area contributed by atoms with Crippen LogP contribution in [0.15, 0.2) is 12.1 Å². The van der Waals surface area contributed by atoms with Crippen LogP contribution >= 0.6 is 0 Å². The molecule has 36 heavy (non-hydrogen) atoms. The molecule has 1 aromatic carbocycles. The van der Waals surface area contributed by atoms with Crippen LogP contribution in [0, 0.1) is 41.2 Å². The highest BCUT2D eigenvalue weighted by Crippen LogP contribution is 2.43. The number of hydrogen-bond donors (Lipinski definition) is 0. The third kappa shape index (κ3) is 7.47. The molecule has 0 aromatic heterocycles. The van der Waals surface area contributed by atoms with Crippen molar-refractivity contribution in [1.29, 1.82) is 0 Å². The Bertz CT molecular complexity index is 768. The van der Waals surface area contributed by atoms with Crippen molar-refractivity contribution in [2.75, 3.05) is 6.61 Å². The Balaban J connectivity index is 1.20. The summed E-state index contributed by atoms with van der Waals surface area (Å²) in [6.07, 6.45) is 22.8. The van der Waals surface area contributed by atoms with E-state index < -0.39 is 11.6 Å². The molecule has 1 nitrogen and oxygen atoms in total. The SMILES string of the molecule is CCCCCC1CCC(c2ccc(OCC3CCC(C4CCC(CCC)CC4)CC3)c(F)c2F)CC1. The third-order valence-corrected chi connectivity index (χ3v) is 10.2. The highest BCUT2D eigenvalue weighted by atomic mass is 19.2. The zero-order chi connectivity index (χ0) is 25.3. The van der Waals surface area contributed by atoms with Crippen LogP contribution in [0.4, 0.5) is 8.78 Å². The topological polar surface area (TPSA) is 9.23 Å². The maximum Gasteiger partial charge on any atom is 0.200 e. The van der Waals surface area contributed by atoms with Gasteiger partial charge in [0, 0.05) is 0 Å². The van der Waals surface area contributed by atoms with Gasteiger partial charge < -0.3 is 4.74 Å². The average Bonchev–Trinajstić information content (AvgIpc) is 2.91. The van der Waals surface area contributed by atoms with Crippen LogP contribution in [0.3, 0.4) is 0 Å². The van der Waals surface area contributed by atoms with Crippen LogP contribution in [0.5, 0.6) is 5.75 Å². The maximum absolute atomic E-state index is 15.0. The van der Waals surface area contributed by atoms with E-state index in [1.165, 1.54) is 89.9 Å². The van der Waals surface area contributed by atoms with E-state index in [2.05, 4.69) is 13.8 Å². The molecule has 0 bridgehead atoms. The third-order valence-electron chi connectivity index (χ3n) is 10.2. The minimum absolute atomic E-state index is 0.112. The monoisotopic (exact) mass is 502 g/mol. The predicted octanol–water partition coefficient (Wildman–Crippen LogP) is 10.6. The lowest BCUT2D eigenvalue weighted by Gasteiger charge is -2.37. The second kappa shape index (κ2) is 14.1. The van der Waals surface area contributed by atoms with Crippen molar-refractivity contribution >= 4 is 0 Å². The molecule has 1 aromatic rings. The summed E-state index contributed by atoms with van der Waals surface area (Å²) in [6, 6.07) is 3.50. The molecule has 0 amide bonds. The molecule has 0 aliphatic heterocycles. The van der Waals surface area contributed by atoms with E-state index in [9.17, 15) is 4.39 Å². The molecule has 3 aliphatic carbocycles. The predicted molar refractivity (Wildman–Crippen MR) is 146 cm³/mol. The number of unbranched alkanes of at least 4 members (excludes halogenated alkanes) is 2. The van der Waals surface area contributed by atoms with E-state index >= 15 is 4.39 Å². The quantitative estimate of drug-likeness (QED) is 0.273. The summed E-state index contributed by atoms with van der Waals surface area (Å²) in [5, 5.41) is 0. The minimum atomic E-state index is -0.768. The number of rotatable bonds is 11. The Hall–Kier alpha value is -1.12. The van der Waals surface area contributed by atoms with E-state index in [0.29, 0.717) is 18.1 Å². The van der Waals surface area contributed by atoms with Crippen molar-refractivity contribution in [3.05, 3.63) is 29.3 Å². The first-order chi connectivity index (χ1) is 17.6. The van der Waals surface area contributed by atoms with Gasteiger partial charge in [0.15, 0.2) is 11.6 Å². The van der Waals surface area contributed by atoms with E-state index in [-0.39, 0.29) is 11.7 Å². The van der Waals surface area contributed by atoms with Gasteiger partial charge in [0.2, 0.25) is 5.82 Å². The van der Waals surface area contributed by atoms with Crippen molar-refractivity contribution in [2.24, 2.45) is 29.6 Å². The van der Waals surface area contributed by atoms with Crippen LogP contribution in [-0.4, -0.2) is 6.61 Å². The fourth-order valence-electron chi connectivity index (χ4n) is 7.81. The second-order valence-electron chi connectivity index (χ2n) is 12.7. The Labute approximate surface area is 220 Å². The molecule has 3 heteroatoms. The summed E-state index contributed by atoms with van der Waals surface area (Å²) in [5.41, 5.74) is 0.570. The summed E-state index contributed by atoms with van der Waals surface area (Å²) in [6.45, 7) is 5.08. The fraction of sp³-hybridized carbons (Fsp3) is 0.818. The molecular formula is C33H52F2O. The van der Waals surface area contributed by atoms with Gasteiger partial charge in [-0.15, -0.1) is 0 Å². The number of hydrogen-bond acceptors (Lipinski definition) is 1. The van der Waals surface area contributed by atoms with Crippen LogP contribution < -0.4 is 4.74 Å². The fourth-order valence-corrected chi connectivity index (χ4v) is 7.81. The lowest BCUT2D eigenvalue weighted by molar-refractivity contribution is 0.120. The van der Waals surface area contributed by atoms with E-state index in [4.69, 9.17) is 4.74 Å². The van der Waals surface area contributed by atoms with Gasteiger partial charge >= 0.3 is 0 Å². The average molecular weight is 503 g/mol. The summed E-state index contributed by atoms with van der Waals surface area (Å²) in [4.78, 5) is 0. The Morgan fingerprint density at radius 1 is 0.639 bits per heavy atom. The van der Waals surface area contributed by atoms with Crippen LogP contribution in [0.25, 0.3) is 0 Å². The molecule has 0 unspecified atom stereocenters. The lowest BCUT2D eigenvalue weighted by atomic mass is 9.69. The standard InChI is InChI=1S/C33H52F2O/c1-3-5-6-8-25-11-19-29(20-12-25)30-21-22-31(33(35)32(30)34)36-23-26-13-17-28(18-14-26)27-15-9-24(7-4-2)10-16-27/h21-22,24-29H,3-20,23H2,1-2H3. The summed E-state index contributed by atoms with van der Waals surface area (Å²) >= 11 is 0. The van der Waals surface area contributed by atoms with Crippen LogP contribution in [0.2, 0.25) is 0 Å². The molecular weight excluding hydrogens is 450 g/mol. The molecule has 3 aliphatic rings. The van der Waals surface area contributed by atoms with Crippen LogP contribution in [-0.2, 0) is 0 Å². The van der Waals surface area contributed by atoms with Crippen LogP contribution in [0.1, 0.15) is 141 Å². The molecule has 0 N–H and O–H groups in total. The van der Waals surface area contributed by atoms with Gasteiger partial charge in [-0.2, -0.15) is 4.39 Å². The van der Waals surface area contributed by atoms with Crippen molar-refractivity contribution in [1.82, 2.24) is 0 Å². The molecule has 204 valence electrons. The van der Waals surface area contributed by atoms with Gasteiger partial charge in [0.1, 0.15) is 0 Å². The molecule has 4 rings (SSSR count). The lowest BCUT2D eigenvalue weighted by Crippen LogP contribution is -2.27. The Kier molecular flexibility index (Phi) is 11.0. The number of halogens is 2. The smallest absolute Gasteiger partial charge is 0.200 e. The van der Waals surface area contributed by atoms with Gasteiger partial charge in [-0.25, -0.2) is 4.39 Å². The zero-order valence-electron chi connectivity index (χ0n) is 23.2. The number of ether oxygens (including phenoxy) is 1. The Morgan fingerprint density at radius 3 is 1.83 bits per heavy atom.